The minimum atomic E-state index is -0.543. The molecule has 0 spiro atoms. The van der Waals surface area contributed by atoms with Crippen molar-refractivity contribution in [3.05, 3.63) is 42.0 Å². The topological polar surface area (TPSA) is 77.7 Å². The Labute approximate surface area is 146 Å². The van der Waals surface area contributed by atoms with Crippen LogP contribution in [-0.4, -0.2) is 40.7 Å². The number of aromatic nitrogens is 2. The van der Waals surface area contributed by atoms with Gasteiger partial charge >= 0.3 is 0 Å². The van der Waals surface area contributed by atoms with Crippen LogP contribution in [0.1, 0.15) is 43.6 Å². The standard InChI is InChI=1S/C18H23N3O4/c1-13(24-11-14-6-5-7-15(10-14)23-2)18(22)21-9-4-3-8-16(21)17-19-12-25-20-17/h5-7,10,12-13,16H,3-4,8-9,11H2,1-2H3/t13-,16-/m1/s1. The van der Waals surface area contributed by atoms with E-state index in [1.807, 2.05) is 29.2 Å². The molecule has 1 aliphatic heterocycles. The Kier molecular flexibility index (Phi) is 5.65. The van der Waals surface area contributed by atoms with Gasteiger partial charge in [-0.15, -0.1) is 0 Å². The summed E-state index contributed by atoms with van der Waals surface area (Å²) in [5.74, 6) is 1.29. The summed E-state index contributed by atoms with van der Waals surface area (Å²) in [6.07, 6.45) is 3.62. The summed E-state index contributed by atoms with van der Waals surface area (Å²) in [5, 5.41) is 3.91. The number of amides is 1. The largest absolute Gasteiger partial charge is 0.497 e. The number of hydrogen-bond acceptors (Lipinski definition) is 6. The van der Waals surface area contributed by atoms with E-state index in [-0.39, 0.29) is 11.9 Å². The third-order valence-corrected chi connectivity index (χ3v) is 4.44. The summed E-state index contributed by atoms with van der Waals surface area (Å²) in [6.45, 7) is 2.82. The van der Waals surface area contributed by atoms with Crippen LogP contribution in [0.3, 0.4) is 0 Å². The van der Waals surface area contributed by atoms with Crippen molar-refractivity contribution in [3.8, 4) is 5.75 Å². The van der Waals surface area contributed by atoms with E-state index in [0.29, 0.717) is 19.0 Å². The minimum Gasteiger partial charge on any atom is -0.497 e. The van der Waals surface area contributed by atoms with Gasteiger partial charge in [-0.1, -0.05) is 17.3 Å². The van der Waals surface area contributed by atoms with Gasteiger partial charge in [-0.05, 0) is 43.9 Å². The Hall–Kier alpha value is -2.41. The van der Waals surface area contributed by atoms with E-state index in [2.05, 4.69) is 10.1 Å². The number of methoxy groups -OCH3 is 1. The molecule has 7 heteroatoms. The predicted molar refractivity (Wildman–Crippen MR) is 89.8 cm³/mol. The molecular formula is C18H23N3O4. The van der Waals surface area contributed by atoms with Gasteiger partial charge in [0, 0.05) is 6.54 Å². The Morgan fingerprint density at radius 2 is 2.32 bits per heavy atom. The molecule has 1 saturated heterocycles. The summed E-state index contributed by atoms with van der Waals surface area (Å²) < 4.78 is 15.8. The first-order valence-corrected chi connectivity index (χ1v) is 8.50. The molecule has 2 atom stereocenters. The molecule has 1 fully saturated rings. The molecule has 2 aromatic rings. The van der Waals surface area contributed by atoms with Crippen LogP contribution < -0.4 is 4.74 Å². The normalized spacial score (nSPS) is 18.8. The third kappa shape index (κ3) is 4.17. The molecule has 134 valence electrons. The molecule has 0 unspecified atom stereocenters. The van der Waals surface area contributed by atoms with E-state index in [9.17, 15) is 4.79 Å². The highest BCUT2D eigenvalue weighted by Gasteiger charge is 2.33. The number of ether oxygens (including phenoxy) is 2. The Morgan fingerprint density at radius 1 is 1.44 bits per heavy atom. The quantitative estimate of drug-likeness (QED) is 0.801. The summed E-state index contributed by atoms with van der Waals surface area (Å²) >= 11 is 0. The second kappa shape index (κ2) is 8.11. The highest BCUT2D eigenvalue weighted by molar-refractivity contribution is 5.81. The predicted octanol–water partition coefficient (Wildman–Crippen LogP) is 2.74. The summed E-state index contributed by atoms with van der Waals surface area (Å²) in [6, 6.07) is 7.49. The molecule has 2 heterocycles. The monoisotopic (exact) mass is 345 g/mol. The van der Waals surface area contributed by atoms with Crippen LogP contribution >= 0.6 is 0 Å². The first kappa shape index (κ1) is 17.4. The SMILES string of the molecule is COc1cccc(CO[C@H](C)C(=O)N2CCCC[C@@H]2c2ncon2)c1. The zero-order chi connectivity index (χ0) is 17.6. The molecule has 1 amide bonds. The number of rotatable bonds is 6. The van der Waals surface area contributed by atoms with Crippen molar-refractivity contribution in [3.63, 3.8) is 0 Å². The van der Waals surface area contributed by atoms with E-state index < -0.39 is 6.10 Å². The van der Waals surface area contributed by atoms with Crippen molar-refractivity contribution in [2.45, 2.75) is 44.9 Å². The maximum absolute atomic E-state index is 12.8. The molecular weight excluding hydrogens is 322 g/mol. The molecule has 25 heavy (non-hydrogen) atoms. The van der Waals surface area contributed by atoms with Gasteiger partial charge in [0.15, 0.2) is 5.82 Å². The number of likely N-dealkylation sites (tertiary alicyclic amines) is 1. The Balaban J connectivity index is 1.62. The van der Waals surface area contributed by atoms with Crippen LogP contribution in [0.2, 0.25) is 0 Å². The molecule has 1 aromatic carbocycles. The maximum Gasteiger partial charge on any atom is 0.252 e. The smallest absolute Gasteiger partial charge is 0.252 e. The summed E-state index contributed by atoms with van der Waals surface area (Å²) in [7, 11) is 1.63. The lowest BCUT2D eigenvalue weighted by Crippen LogP contribution is -2.44. The number of benzene rings is 1. The van der Waals surface area contributed by atoms with Crippen LogP contribution in [-0.2, 0) is 16.1 Å². The summed E-state index contributed by atoms with van der Waals surface area (Å²) in [4.78, 5) is 18.8. The minimum absolute atomic E-state index is 0.0441. The number of nitrogens with zero attached hydrogens (tertiary/aromatic N) is 3. The van der Waals surface area contributed by atoms with Crippen LogP contribution in [0.4, 0.5) is 0 Å². The molecule has 1 aliphatic rings. The van der Waals surface area contributed by atoms with Crippen molar-refractivity contribution >= 4 is 5.91 Å². The average Bonchev–Trinajstić information content (AvgIpc) is 3.20. The molecule has 7 nitrogen and oxygen atoms in total. The zero-order valence-electron chi connectivity index (χ0n) is 14.6. The van der Waals surface area contributed by atoms with Crippen molar-refractivity contribution in [2.24, 2.45) is 0 Å². The fourth-order valence-corrected chi connectivity index (χ4v) is 3.08. The second-order valence-corrected chi connectivity index (χ2v) is 6.14. The van der Waals surface area contributed by atoms with Gasteiger partial charge in [0.05, 0.1) is 19.8 Å². The fraction of sp³-hybridized carbons (Fsp3) is 0.500. The van der Waals surface area contributed by atoms with Gasteiger partial charge in [-0.3, -0.25) is 4.79 Å². The van der Waals surface area contributed by atoms with Crippen LogP contribution in [0.5, 0.6) is 5.75 Å². The van der Waals surface area contributed by atoms with Gasteiger partial charge in [-0.25, -0.2) is 0 Å². The van der Waals surface area contributed by atoms with Crippen LogP contribution in [0, 0.1) is 0 Å². The zero-order valence-corrected chi connectivity index (χ0v) is 14.6. The van der Waals surface area contributed by atoms with E-state index in [1.165, 1.54) is 6.39 Å². The van der Waals surface area contributed by atoms with Crippen LogP contribution in [0.25, 0.3) is 0 Å². The Morgan fingerprint density at radius 3 is 3.08 bits per heavy atom. The molecule has 0 aliphatic carbocycles. The van der Waals surface area contributed by atoms with Crippen molar-refractivity contribution in [2.75, 3.05) is 13.7 Å². The van der Waals surface area contributed by atoms with Gasteiger partial charge < -0.3 is 18.9 Å². The van der Waals surface area contributed by atoms with Gasteiger partial charge in [0.25, 0.3) is 5.91 Å². The lowest BCUT2D eigenvalue weighted by atomic mass is 10.0. The van der Waals surface area contributed by atoms with E-state index in [4.69, 9.17) is 14.0 Å². The van der Waals surface area contributed by atoms with Crippen molar-refractivity contribution < 1.29 is 18.8 Å². The van der Waals surface area contributed by atoms with Crippen molar-refractivity contribution in [1.82, 2.24) is 15.0 Å². The van der Waals surface area contributed by atoms with Crippen molar-refractivity contribution in [1.29, 1.82) is 0 Å². The van der Waals surface area contributed by atoms with Gasteiger partial charge in [0.1, 0.15) is 11.9 Å². The molecule has 0 N–H and O–H groups in total. The van der Waals surface area contributed by atoms with Crippen LogP contribution in [0.15, 0.2) is 35.2 Å². The lowest BCUT2D eigenvalue weighted by Gasteiger charge is -2.35. The molecule has 0 bridgehead atoms. The van der Waals surface area contributed by atoms with E-state index in [1.54, 1.807) is 14.0 Å². The van der Waals surface area contributed by atoms with Gasteiger partial charge in [-0.2, -0.15) is 4.98 Å². The first-order chi connectivity index (χ1) is 12.2. The van der Waals surface area contributed by atoms with E-state index in [0.717, 1.165) is 30.6 Å². The van der Waals surface area contributed by atoms with E-state index >= 15 is 0 Å². The maximum atomic E-state index is 12.8. The number of piperidine rings is 1. The highest BCUT2D eigenvalue weighted by Crippen LogP contribution is 2.29. The molecule has 0 radical (unpaired) electrons. The average molecular weight is 345 g/mol. The highest BCUT2D eigenvalue weighted by atomic mass is 16.5. The first-order valence-electron chi connectivity index (χ1n) is 8.50. The Bertz CT molecular complexity index is 689. The molecule has 0 saturated carbocycles. The third-order valence-electron chi connectivity index (χ3n) is 4.44. The fourth-order valence-electron chi connectivity index (χ4n) is 3.08. The number of hydrogen-bond donors (Lipinski definition) is 0. The number of carbonyl (C=O) groups excluding carboxylic acids is 1. The lowest BCUT2D eigenvalue weighted by molar-refractivity contribution is -0.147. The number of carbonyl (C=O) groups is 1. The van der Waals surface area contributed by atoms with Gasteiger partial charge in [0.2, 0.25) is 6.39 Å². The molecule has 1 aromatic heterocycles. The summed E-state index contributed by atoms with van der Waals surface area (Å²) in [5.41, 5.74) is 0.965. The second-order valence-electron chi connectivity index (χ2n) is 6.14. The molecule has 3 rings (SSSR count).